The van der Waals surface area contributed by atoms with Crippen molar-refractivity contribution in [1.29, 1.82) is 0 Å². The van der Waals surface area contributed by atoms with Crippen molar-refractivity contribution in [2.24, 2.45) is 7.05 Å². The Bertz CT molecular complexity index is 1210. The highest BCUT2D eigenvalue weighted by molar-refractivity contribution is 6.01. The van der Waals surface area contributed by atoms with Gasteiger partial charge in [0.1, 0.15) is 11.4 Å². The van der Waals surface area contributed by atoms with Crippen LogP contribution in [0.3, 0.4) is 0 Å². The maximum atomic E-state index is 13.1. The van der Waals surface area contributed by atoms with Crippen LogP contribution in [-0.4, -0.2) is 52.5 Å². The maximum absolute atomic E-state index is 13.1. The van der Waals surface area contributed by atoms with Crippen molar-refractivity contribution in [2.45, 2.75) is 6.54 Å². The van der Waals surface area contributed by atoms with Gasteiger partial charge in [-0.05, 0) is 17.7 Å². The van der Waals surface area contributed by atoms with Gasteiger partial charge in [-0.25, -0.2) is 4.79 Å². The number of ketones is 1. The minimum atomic E-state index is -0.648. The van der Waals surface area contributed by atoms with Crippen molar-refractivity contribution in [3.8, 4) is 0 Å². The standard InChI is InChI=1S/C24H27N5O3/c1-26-23(31)21(22(25)29(24(26)32)16-18-8-4-2-5-9-18)20(30)17-27-12-14-28(15-13-27)19-10-6-3-7-11-19/h2-11H,12-17,25H2,1H3. The minimum absolute atomic E-state index is 0.0742. The molecule has 32 heavy (non-hydrogen) atoms. The first kappa shape index (κ1) is 21.6. The first-order valence-electron chi connectivity index (χ1n) is 10.6. The Kier molecular flexibility index (Phi) is 6.23. The highest BCUT2D eigenvalue weighted by atomic mass is 16.2. The summed E-state index contributed by atoms with van der Waals surface area (Å²) >= 11 is 0. The van der Waals surface area contributed by atoms with E-state index in [1.807, 2.05) is 53.4 Å². The van der Waals surface area contributed by atoms with Crippen LogP contribution in [0.15, 0.2) is 70.3 Å². The van der Waals surface area contributed by atoms with E-state index in [-0.39, 0.29) is 30.3 Å². The summed E-state index contributed by atoms with van der Waals surface area (Å²) in [6.45, 7) is 3.26. The van der Waals surface area contributed by atoms with Crippen LogP contribution in [0.5, 0.6) is 0 Å². The summed E-state index contributed by atoms with van der Waals surface area (Å²) in [5.74, 6) is -0.437. The zero-order chi connectivity index (χ0) is 22.7. The van der Waals surface area contributed by atoms with E-state index in [0.717, 1.165) is 28.9 Å². The molecule has 0 saturated carbocycles. The zero-order valence-electron chi connectivity index (χ0n) is 18.1. The summed E-state index contributed by atoms with van der Waals surface area (Å²) < 4.78 is 2.25. The number of aromatic nitrogens is 2. The second-order valence-electron chi connectivity index (χ2n) is 8.00. The number of nitrogen functional groups attached to an aromatic ring is 1. The summed E-state index contributed by atoms with van der Waals surface area (Å²) in [6, 6.07) is 19.5. The van der Waals surface area contributed by atoms with Crippen LogP contribution in [0.25, 0.3) is 0 Å². The third kappa shape index (κ3) is 4.36. The Labute approximate surface area is 186 Å². The van der Waals surface area contributed by atoms with E-state index in [9.17, 15) is 14.4 Å². The number of para-hydroxylation sites is 1. The molecule has 2 N–H and O–H groups in total. The Balaban J connectivity index is 1.52. The Morgan fingerprint density at radius 2 is 1.50 bits per heavy atom. The van der Waals surface area contributed by atoms with Crippen molar-refractivity contribution in [2.75, 3.05) is 43.4 Å². The highest BCUT2D eigenvalue weighted by Crippen LogP contribution is 2.16. The monoisotopic (exact) mass is 433 g/mol. The maximum Gasteiger partial charge on any atom is 0.332 e. The van der Waals surface area contributed by atoms with Gasteiger partial charge in [-0.3, -0.25) is 23.6 Å². The number of piperazine rings is 1. The number of benzene rings is 2. The van der Waals surface area contributed by atoms with Gasteiger partial charge in [-0.2, -0.15) is 0 Å². The lowest BCUT2D eigenvalue weighted by Crippen LogP contribution is -2.49. The zero-order valence-corrected chi connectivity index (χ0v) is 18.1. The third-order valence-electron chi connectivity index (χ3n) is 5.91. The first-order valence-corrected chi connectivity index (χ1v) is 10.6. The van der Waals surface area contributed by atoms with Gasteiger partial charge in [0.15, 0.2) is 5.78 Å². The molecule has 0 amide bonds. The summed E-state index contributed by atoms with van der Waals surface area (Å²) in [5, 5.41) is 0. The SMILES string of the molecule is Cn1c(=O)c(C(=O)CN2CCN(c3ccccc3)CC2)c(N)n(Cc2ccccc2)c1=O. The molecule has 1 fully saturated rings. The fraction of sp³-hybridized carbons (Fsp3) is 0.292. The smallest absolute Gasteiger partial charge is 0.332 e. The van der Waals surface area contributed by atoms with Gasteiger partial charge in [-0.15, -0.1) is 0 Å². The second kappa shape index (κ2) is 9.23. The first-order chi connectivity index (χ1) is 15.5. The van der Waals surface area contributed by atoms with E-state index in [4.69, 9.17) is 5.73 Å². The number of hydrogen-bond acceptors (Lipinski definition) is 6. The van der Waals surface area contributed by atoms with Crippen LogP contribution in [0.2, 0.25) is 0 Å². The summed E-state index contributed by atoms with van der Waals surface area (Å²) in [6.07, 6.45) is 0. The van der Waals surface area contributed by atoms with E-state index in [1.54, 1.807) is 0 Å². The highest BCUT2D eigenvalue weighted by Gasteiger charge is 2.25. The molecule has 1 saturated heterocycles. The van der Waals surface area contributed by atoms with E-state index < -0.39 is 11.2 Å². The van der Waals surface area contributed by atoms with Crippen LogP contribution >= 0.6 is 0 Å². The van der Waals surface area contributed by atoms with Gasteiger partial charge in [-0.1, -0.05) is 48.5 Å². The average molecular weight is 434 g/mol. The summed E-state index contributed by atoms with van der Waals surface area (Å²) in [5.41, 5.74) is 6.92. The lowest BCUT2D eigenvalue weighted by atomic mass is 10.1. The number of nitrogens with two attached hydrogens (primary N) is 1. The van der Waals surface area contributed by atoms with Crippen molar-refractivity contribution in [1.82, 2.24) is 14.0 Å². The molecule has 0 spiro atoms. The molecule has 0 bridgehead atoms. The summed E-state index contributed by atoms with van der Waals surface area (Å²) in [4.78, 5) is 42.8. The van der Waals surface area contributed by atoms with Crippen LogP contribution < -0.4 is 21.9 Å². The molecule has 8 nitrogen and oxygen atoms in total. The van der Waals surface area contributed by atoms with Crippen molar-refractivity contribution in [3.63, 3.8) is 0 Å². The number of hydrogen-bond donors (Lipinski definition) is 1. The van der Waals surface area contributed by atoms with E-state index in [2.05, 4.69) is 17.0 Å². The average Bonchev–Trinajstić information content (AvgIpc) is 2.82. The van der Waals surface area contributed by atoms with Gasteiger partial charge in [0, 0.05) is 38.9 Å². The molecule has 3 aromatic rings. The fourth-order valence-corrected chi connectivity index (χ4v) is 4.05. The van der Waals surface area contributed by atoms with Crippen molar-refractivity contribution >= 4 is 17.3 Å². The Morgan fingerprint density at radius 1 is 0.906 bits per heavy atom. The minimum Gasteiger partial charge on any atom is -0.384 e. The Morgan fingerprint density at radius 3 is 2.12 bits per heavy atom. The second-order valence-corrected chi connectivity index (χ2v) is 8.00. The molecule has 4 rings (SSSR count). The molecule has 1 aliphatic rings. The number of nitrogens with zero attached hydrogens (tertiary/aromatic N) is 4. The number of Topliss-reactive ketones (excluding diaryl/α,β-unsaturated/α-hetero) is 1. The molecule has 0 radical (unpaired) electrons. The molecular formula is C24H27N5O3. The molecule has 0 aliphatic carbocycles. The Hall–Kier alpha value is -3.65. The largest absolute Gasteiger partial charge is 0.384 e. The topological polar surface area (TPSA) is 93.6 Å². The molecule has 0 atom stereocenters. The molecular weight excluding hydrogens is 406 g/mol. The lowest BCUT2D eigenvalue weighted by Gasteiger charge is -2.35. The predicted molar refractivity (Wildman–Crippen MR) is 125 cm³/mol. The van der Waals surface area contributed by atoms with Crippen LogP contribution in [0, 0.1) is 0 Å². The number of carbonyl (C=O) groups excluding carboxylic acids is 1. The molecule has 2 aromatic carbocycles. The van der Waals surface area contributed by atoms with Gasteiger partial charge in [0.05, 0.1) is 13.1 Å². The van der Waals surface area contributed by atoms with Crippen LogP contribution in [0.4, 0.5) is 11.5 Å². The van der Waals surface area contributed by atoms with Gasteiger partial charge in [0.2, 0.25) is 0 Å². The molecule has 0 unspecified atom stereocenters. The van der Waals surface area contributed by atoms with Gasteiger partial charge in [0.25, 0.3) is 5.56 Å². The normalized spacial score (nSPS) is 14.5. The van der Waals surface area contributed by atoms with E-state index >= 15 is 0 Å². The van der Waals surface area contributed by atoms with Crippen molar-refractivity contribution in [3.05, 3.63) is 92.6 Å². The number of anilines is 2. The number of carbonyl (C=O) groups is 1. The van der Waals surface area contributed by atoms with E-state index in [1.165, 1.54) is 11.6 Å². The van der Waals surface area contributed by atoms with E-state index in [0.29, 0.717) is 13.1 Å². The lowest BCUT2D eigenvalue weighted by molar-refractivity contribution is 0.0924. The van der Waals surface area contributed by atoms with Gasteiger partial charge >= 0.3 is 5.69 Å². The van der Waals surface area contributed by atoms with Crippen molar-refractivity contribution < 1.29 is 4.79 Å². The fourth-order valence-electron chi connectivity index (χ4n) is 4.05. The third-order valence-corrected chi connectivity index (χ3v) is 5.91. The molecule has 1 aliphatic heterocycles. The van der Waals surface area contributed by atoms with Gasteiger partial charge < -0.3 is 10.6 Å². The predicted octanol–water partition coefficient (Wildman–Crippen LogP) is 1.18. The quantitative estimate of drug-likeness (QED) is 0.587. The molecule has 2 heterocycles. The van der Waals surface area contributed by atoms with Crippen LogP contribution in [-0.2, 0) is 13.6 Å². The molecule has 166 valence electrons. The summed E-state index contributed by atoms with van der Waals surface area (Å²) in [7, 11) is 1.38. The van der Waals surface area contributed by atoms with Crippen LogP contribution in [0.1, 0.15) is 15.9 Å². The molecule has 1 aromatic heterocycles. The number of rotatable bonds is 6. The molecule has 8 heteroatoms.